The second kappa shape index (κ2) is 5.36. The number of hydrogen-bond acceptors (Lipinski definition) is 2. The first-order chi connectivity index (χ1) is 8.13. The summed E-state index contributed by atoms with van der Waals surface area (Å²) in [5.41, 5.74) is 7.07. The Labute approximate surface area is 110 Å². The van der Waals surface area contributed by atoms with Crippen molar-refractivity contribution in [1.82, 2.24) is 0 Å². The Kier molecular flexibility index (Phi) is 4.05. The maximum Gasteiger partial charge on any atom is 0.160 e. The number of piperidine rings is 1. The monoisotopic (exact) mass is 300 g/mol. The van der Waals surface area contributed by atoms with Gasteiger partial charge < -0.3 is 10.6 Å². The van der Waals surface area contributed by atoms with Crippen molar-refractivity contribution in [2.45, 2.75) is 26.3 Å². The van der Waals surface area contributed by atoms with Gasteiger partial charge in [0.15, 0.2) is 5.82 Å². The maximum atomic E-state index is 14.2. The van der Waals surface area contributed by atoms with Crippen LogP contribution in [0, 0.1) is 11.7 Å². The van der Waals surface area contributed by atoms with E-state index >= 15 is 0 Å². The third-order valence-corrected chi connectivity index (χ3v) is 4.34. The summed E-state index contributed by atoms with van der Waals surface area (Å²) in [5, 5.41) is 0. The molecule has 1 aliphatic heterocycles. The molecule has 0 atom stereocenters. The standard InChI is InChI=1S/C13H18BrFN2/c1-9-4-6-17(7-5-9)11-3-2-10(8-16)12(14)13(11)15/h2-3,9H,4-8,16H2,1H3. The molecule has 2 N–H and O–H groups in total. The summed E-state index contributed by atoms with van der Waals surface area (Å²) in [4.78, 5) is 2.13. The van der Waals surface area contributed by atoms with E-state index in [4.69, 9.17) is 5.73 Å². The van der Waals surface area contributed by atoms with E-state index in [9.17, 15) is 4.39 Å². The fraction of sp³-hybridized carbons (Fsp3) is 0.538. The Bertz CT molecular complexity index is 401. The smallest absolute Gasteiger partial charge is 0.160 e. The lowest BCUT2D eigenvalue weighted by Gasteiger charge is -2.32. The lowest BCUT2D eigenvalue weighted by molar-refractivity contribution is 0.434. The van der Waals surface area contributed by atoms with Crippen molar-refractivity contribution in [2.75, 3.05) is 18.0 Å². The Morgan fingerprint density at radius 1 is 1.41 bits per heavy atom. The molecule has 0 amide bonds. The van der Waals surface area contributed by atoms with Crippen LogP contribution in [-0.2, 0) is 6.54 Å². The summed E-state index contributed by atoms with van der Waals surface area (Å²) >= 11 is 3.29. The van der Waals surface area contributed by atoms with Gasteiger partial charge in [0.2, 0.25) is 0 Å². The number of hydrogen-bond donors (Lipinski definition) is 1. The number of benzene rings is 1. The van der Waals surface area contributed by atoms with E-state index in [-0.39, 0.29) is 5.82 Å². The third-order valence-electron chi connectivity index (χ3n) is 3.49. The van der Waals surface area contributed by atoms with E-state index < -0.39 is 0 Å². The SMILES string of the molecule is CC1CCN(c2ccc(CN)c(Br)c2F)CC1. The molecule has 0 saturated carbocycles. The van der Waals surface area contributed by atoms with Gasteiger partial charge in [-0.2, -0.15) is 0 Å². The van der Waals surface area contributed by atoms with Crippen molar-refractivity contribution < 1.29 is 4.39 Å². The van der Waals surface area contributed by atoms with Crippen molar-refractivity contribution in [2.24, 2.45) is 11.7 Å². The molecule has 1 aliphatic rings. The van der Waals surface area contributed by atoms with E-state index in [1.165, 1.54) is 0 Å². The van der Waals surface area contributed by atoms with Crippen LogP contribution in [0.4, 0.5) is 10.1 Å². The van der Waals surface area contributed by atoms with E-state index in [0.717, 1.165) is 37.4 Å². The summed E-state index contributed by atoms with van der Waals surface area (Å²) in [5.74, 6) is 0.573. The molecule has 1 fully saturated rings. The van der Waals surface area contributed by atoms with Crippen LogP contribution in [0.15, 0.2) is 16.6 Å². The lowest BCUT2D eigenvalue weighted by atomic mass is 9.98. The highest BCUT2D eigenvalue weighted by atomic mass is 79.9. The minimum atomic E-state index is -0.178. The van der Waals surface area contributed by atoms with Gasteiger partial charge in [-0.15, -0.1) is 0 Å². The van der Waals surface area contributed by atoms with Gasteiger partial charge in [-0.05, 0) is 46.3 Å². The largest absolute Gasteiger partial charge is 0.369 e. The predicted molar refractivity (Wildman–Crippen MR) is 72.6 cm³/mol. The van der Waals surface area contributed by atoms with Gasteiger partial charge in [-0.25, -0.2) is 4.39 Å². The van der Waals surface area contributed by atoms with E-state index in [2.05, 4.69) is 27.8 Å². The van der Waals surface area contributed by atoms with Crippen LogP contribution in [0.2, 0.25) is 0 Å². The van der Waals surface area contributed by atoms with Gasteiger partial charge in [-0.3, -0.25) is 0 Å². The maximum absolute atomic E-state index is 14.2. The lowest BCUT2D eigenvalue weighted by Crippen LogP contribution is -2.33. The molecule has 0 aliphatic carbocycles. The molecule has 0 aromatic heterocycles. The van der Waals surface area contributed by atoms with Crippen LogP contribution < -0.4 is 10.6 Å². The first-order valence-electron chi connectivity index (χ1n) is 6.05. The van der Waals surface area contributed by atoms with Crippen LogP contribution in [0.5, 0.6) is 0 Å². The van der Waals surface area contributed by atoms with Gasteiger partial charge in [0.05, 0.1) is 10.2 Å². The zero-order valence-electron chi connectivity index (χ0n) is 10.0. The van der Waals surface area contributed by atoms with Gasteiger partial charge in [-0.1, -0.05) is 13.0 Å². The molecule has 1 heterocycles. The molecule has 0 unspecified atom stereocenters. The molecule has 0 spiro atoms. The minimum Gasteiger partial charge on any atom is -0.369 e. The van der Waals surface area contributed by atoms with Crippen LogP contribution in [0.1, 0.15) is 25.3 Å². The van der Waals surface area contributed by atoms with Crippen molar-refractivity contribution >= 4 is 21.6 Å². The topological polar surface area (TPSA) is 29.3 Å². The highest BCUT2D eigenvalue weighted by molar-refractivity contribution is 9.10. The molecular formula is C13H18BrFN2. The molecule has 1 aromatic carbocycles. The summed E-state index contributed by atoms with van der Waals surface area (Å²) in [6.45, 7) is 4.48. The molecule has 2 nitrogen and oxygen atoms in total. The van der Waals surface area contributed by atoms with E-state index in [1.54, 1.807) is 0 Å². The minimum absolute atomic E-state index is 0.178. The average molecular weight is 301 g/mol. The molecular weight excluding hydrogens is 283 g/mol. The zero-order valence-corrected chi connectivity index (χ0v) is 11.6. The number of anilines is 1. The number of nitrogens with zero attached hydrogens (tertiary/aromatic N) is 1. The Hall–Kier alpha value is -0.610. The van der Waals surface area contributed by atoms with E-state index in [0.29, 0.717) is 16.7 Å². The quantitative estimate of drug-likeness (QED) is 0.908. The summed E-state index contributed by atoms with van der Waals surface area (Å²) in [6.07, 6.45) is 2.27. The molecule has 1 aromatic rings. The highest BCUT2D eigenvalue weighted by Crippen LogP contribution is 2.31. The summed E-state index contributed by atoms with van der Waals surface area (Å²) in [6, 6.07) is 3.75. The van der Waals surface area contributed by atoms with Crippen molar-refractivity contribution in [3.63, 3.8) is 0 Å². The Balaban J connectivity index is 2.24. The van der Waals surface area contributed by atoms with Crippen molar-refractivity contribution in [1.29, 1.82) is 0 Å². The summed E-state index contributed by atoms with van der Waals surface area (Å²) in [7, 11) is 0. The number of rotatable bonds is 2. The molecule has 4 heteroatoms. The van der Waals surface area contributed by atoms with Gasteiger partial charge in [0.1, 0.15) is 0 Å². The van der Waals surface area contributed by atoms with Crippen LogP contribution in [-0.4, -0.2) is 13.1 Å². The molecule has 17 heavy (non-hydrogen) atoms. The zero-order chi connectivity index (χ0) is 12.4. The van der Waals surface area contributed by atoms with Crippen molar-refractivity contribution in [3.8, 4) is 0 Å². The molecule has 2 rings (SSSR count). The number of nitrogens with two attached hydrogens (primary N) is 1. The first-order valence-corrected chi connectivity index (χ1v) is 6.84. The predicted octanol–water partition coefficient (Wildman–Crippen LogP) is 3.28. The Morgan fingerprint density at radius 3 is 2.65 bits per heavy atom. The normalized spacial score (nSPS) is 17.5. The molecule has 94 valence electrons. The van der Waals surface area contributed by atoms with Crippen LogP contribution >= 0.6 is 15.9 Å². The van der Waals surface area contributed by atoms with Crippen molar-refractivity contribution in [3.05, 3.63) is 28.0 Å². The highest BCUT2D eigenvalue weighted by Gasteiger charge is 2.20. The number of halogens is 2. The van der Waals surface area contributed by atoms with Crippen LogP contribution in [0.3, 0.4) is 0 Å². The van der Waals surface area contributed by atoms with Gasteiger partial charge >= 0.3 is 0 Å². The Morgan fingerprint density at radius 2 is 2.06 bits per heavy atom. The van der Waals surface area contributed by atoms with Gasteiger partial charge in [0, 0.05) is 19.6 Å². The second-order valence-corrected chi connectivity index (χ2v) is 5.54. The van der Waals surface area contributed by atoms with Gasteiger partial charge in [0.25, 0.3) is 0 Å². The third kappa shape index (κ3) is 2.63. The molecule has 1 saturated heterocycles. The van der Waals surface area contributed by atoms with E-state index in [1.807, 2.05) is 12.1 Å². The summed E-state index contributed by atoms with van der Waals surface area (Å²) < 4.78 is 14.7. The first kappa shape index (κ1) is 12.8. The fourth-order valence-electron chi connectivity index (χ4n) is 2.23. The average Bonchev–Trinajstić information content (AvgIpc) is 2.34. The molecule has 0 radical (unpaired) electrons. The van der Waals surface area contributed by atoms with Crippen LogP contribution in [0.25, 0.3) is 0 Å². The second-order valence-electron chi connectivity index (χ2n) is 4.75. The molecule has 0 bridgehead atoms. The fourth-order valence-corrected chi connectivity index (χ4v) is 2.73.